The van der Waals surface area contributed by atoms with Crippen molar-refractivity contribution in [2.24, 2.45) is 0 Å². The molecule has 0 atom stereocenters. The lowest BCUT2D eigenvalue weighted by atomic mass is 10.2. The zero-order valence-corrected chi connectivity index (χ0v) is 9.38. The molecule has 5 nitrogen and oxygen atoms in total. The van der Waals surface area contributed by atoms with Gasteiger partial charge in [0.25, 0.3) is 0 Å². The number of carboxylic acid groups (broad SMARTS) is 1. The minimum absolute atomic E-state index is 0.107. The van der Waals surface area contributed by atoms with Crippen molar-refractivity contribution in [1.29, 1.82) is 0 Å². The Morgan fingerprint density at radius 1 is 1.50 bits per heavy atom. The van der Waals surface area contributed by atoms with Crippen LogP contribution in [0.3, 0.4) is 0 Å². The van der Waals surface area contributed by atoms with E-state index in [1.807, 2.05) is 24.3 Å². The highest BCUT2D eigenvalue weighted by molar-refractivity contribution is 5.85. The molecular formula is C13H10N2O3. The number of aromatic nitrogens is 1. The summed E-state index contributed by atoms with van der Waals surface area (Å²) in [6.45, 7) is 0.342. The zero-order chi connectivity index (χ0) is 13.0. The Hall–Kier alpha value is -2.74. The lowest BCUT2D eigenvalue weighted by Crippen LogP contribution is -1.98. The largest absolute Gasteiger partial charge is 0.476 e. The summed E-state index contributed by atoms with van der Waals surface area (Å²) in [5.74, 6) is 1.86. The van der Waals surface area contributed by atoms with Gasteiger partial charge in [0.2, 0.25) is 0 Å². The third-order valence-corrected chi connectivity index (χ3v) is 2.27. The van der Waals surface area contributed by atoms with Gasteiger partial charge >= 0.3 is 5.97 Å². The predicted molar refractivity (Wildman–Crippen MR) is 65.2 cm³/mol. The Labute approximate surface area is 103 Å². The monoisotopic (exact) mass is 242 g/mol. The van der Waals surface area contributed by atoms with Crippen LogP contribution < -0.4 is 5.32 Å². The molecule has 0 amide bonds. The molecule has 0 saturated heterocycles. The summed E-state index contributed by atoms with van der Waals surface area (Å²) in [5.41, 5.74) is 1.49. The number of hydrogen-bond donors (Lipinski definition) is 2. The topological polar surface area (TPSA) is 75.4 Å². The van der Waals surface area contributed by atoms with Crippen LogP contribution in [0.15, 0.2) is 34.9 Å². The molecule has 5 heteroatoms. The van der Waals surface area contributed by atoms with Gasteiger partial charge in [-0.25, -0.2) is 4.79 Å². The average molecular weight is 242 g/mol. The molecule has 1 heterocycles. The van der Waals surface area contributed by atoms with Crippen LogP contribution in [0.5, 0.6) is 0 Å². The molecule has 0 fully saturated rings. The highest BCUT2D eigenvalue weighted by atomic mass is 16.5. The fourth-order valence-electron chi connectivity index (χ4n) is 1.41. The first-order valence-electron chi connectivity index (χ1n) is 5.18. The smallest absolute Gasteiger partial charge is 0.358 e. The van der Waals surface area contributed by atoms with Crippen LogP contribution in [0.1, 0.15) is 21.8 Å². The highest BCUT2D eigenvalue weighted by Crippen LogP contribution is 2.12. The second-order valence-corrected chi connectivity index (χ2v) is 3.56. The molecular weight excluding hydrogens is 232 g/mol. The first-order chi connectivity index (χ1) is 8.69. The van der Waals surface area contributed by atoms with Gasteiger partial charge in [-0.1, -0.05) is 17.1 Å². The molecule has 0 aliphatic carbocycles. The summed E-state index contributed by atoms with van der Waals surface area (Å²) in [7, 11) is 0. The van der Waals surface area contributed by atoms with Crippen LogP contribution in [-0.2, 0) is 6.54 Å². The van der Waals surface area contributed by atoms with Gasteiger partial charge in [-0.15, -0.1) is 6.42 Å². The third-order valence-electron chi connectivity index (χ3n) is 2.27. The maximum absolute atomic E-state index is 10.6. The van der Waals surface area contributed by atoms with Crippen LogP contribution in [-0.4, -0.2) is 16.2 Å². The lowest BCUT2D eigenvalue weighted by Gasteiger charge is -2.03. The number of rotatable bonds is 4. The molecule has 0 bridgehead atoms. The van der Waals surface area contributed by atoms with E-state index in [2.05, 4.69) is 16.4 Å². The van der Waals surface area contributed by atoms with Gasteiger partial charge in [0.05, 0.1) is 6.54 Å². The van der Waals surface area contributed by atoms with Crippen LogP contribution >= 0.6 is 0 Å². The SMILES string of the molecule is C#Cc1cccc(NCc2cc(C(=O)O)no2)c1. The molecule has 0 spiro atoms. The summed E-state index contributed by atoms with van der Waals surface area (Å²) in [5, 5.41) is 15.2. The van der Waals surface area contributed by atoms with Gasteiger partial charge in [-0.05, 0) is 18.2 Å². The molecule has 90 valence electrons. The average Bonchev–Trinajstić information content (AvgIpc) is 2.85. The van der Waals surface area contributed by atoms with Crippen molar-refractivity contribution in [2.75, 3.05) is 5.32 Å². The summed E-state index contributed by atoms with van der Waals surface area (Å²) in [4.78, 5) is 10.6. The number of nitrogens with one attached hydrogen (secondary N) is 1. The third kappa shape index (κ3) is 2.68. The number of anilines is 1. The standard InChI is InChI=1S/C13H10N2O3/c1-2-9-4-3-5-10(6-9)14-8-11-7-12(13(16)17)15-18-11/h1,3-7,14H,8H2,(H,16,17). The van der Waals surface area contributed by atoms with E-state index in [1.165, 1.54) is 6.07 Å². The van der Waals surface area contributed by atoms with E-state index in [9.17, 15) is 4.79 Å². The van der Waals surface area contributed by atoms with E-state index < -0.39 is 5.97 Å². The van der Waals surface area contributed by atoms with E-state index in [0.717, 1.165) is 11.3 Å². The number of carbonyl (C=O) groups is 1. The molecule has 2 N–H and O–H groups in total. The fourth-order valence-corrected chi connectivity index (χ4v) is 1.41. The van der Waals surface area contributed by atoms with Gasteiger partial charge in [-0.3, -0.25) is 0 Å². The maximum Gasteiger partial charge on any atom is 0.358 e. The number of carboxylic acids is 1. The van der Waals surface area contributed by atoms with E-state index in [-0.39, 0.29) is 5.69 Å². The molecule has 0 aliphatic heterocycles. The van der Waals surface area contributed by atoms with Crippen LogP contribution in [0.25, 0.3) is 0 Å². The van der Waals surface area contributed by atoms with Gasteiger partial charge in [-0.2, -0.15) is 0 Å². The Bertz CT molecular complexity index is 611. The first-order valence-corrected chi connectivity index (χ1v) is 5.18. The van der Waals surface area contributed by atoms with Gasteiger partial charge < -0.3 is 14.9 Å². The molecule has 0 unspecified atom stereocenters. The maximum atomic E-state index is 10.6. The van der Waals surface area contributed by atoms with Crippen molar-refractivity contribution < 1.29 is 14.4 Å². The summed E-state index contributed by atoms with van der Waals surface area (Å²) >= 11 is 0. The highest BCUT2D eigenvalue weighted by Gasteiger charge is 2.10. The number of nitrogens with zero attached hydrogens (tertiary/aromatic N) is 1. The molecule has 2 rings (SSSR count). The zero-order valence-electron chi connectivity index (χ0n) is 9.38. The molecule has 1 aromatic heterocycles. The fraction of sp³-hybridized carbons (Fsp3) is 0.0769. The van der Waals surface area contributed by atoms with Crippen LogP contribution in [0.4, 0.5) is 5.69 Å². The Kier molecular flexibility index (Phi) is 3.30. The summed E-state index contributed by atoms with van der Waals surface area (Å²) in [6.07, 6.45) is 5.29. The number of hydrogen-bond acceptors (Lipinski definition) is 4. The Morgan fingerprint density at radius 2 is 2.33 bits per heavy atom. The quantitative estimate of drug-likeness (QED) is 0.801. The van der Waals surface area contributed by atoms with E-state index in [0.29, 0.717) is 12.3 Å². The van der Waals surface area contributed by atoms with Crippen molar-refractivity contribution in [3.05, 3.63) is 47.3 Å². The minimum atomic E-state index is -1.11. The van der Waals surface area contributed by atoms with E-state index >= 15 is 0 Å². The van der Waals surface area contributed by atoms with Crippen molar-refractivity contribution in [3.63, 3.8) is 0 Å². The molecule has 18 heavy (non-hydrogen) atoms. The molecule has 0 radical (unpaired) electrons. The number of terminal acetylenes is 1. The lowest BCUT2D eigenvalue weighted by molar-refractivity contribution is 0.0685. The summed E-state index contributed by atoms with van der Waals surface area (Å²) < 4.78 is 4.87. The predicted octanol–water partition coefficient (Wildman–Crippen LogP) is 1.97. The van der Waals surface area contributed by atoms with Crippen LogP contribution in [0, 0.1) is 12.3 Å². The molecule has 0 aliphatic rings. The molecule has 0 saturated carbocycles. The second kappa shape index (κ2) is 5.06. The number of aromatic carboxylic acids is 1. The van der Waals surface area contributed by atoms with Crippen molar-refractivity contribution in [3.8, 4) is 12.3 Å². The van der Waals surface area contributed by atoms with Crippen molar-refractivity contribution >= 4 is 11.7 Å². The Balaban J connectivity index is 2.02. The minimum Gasteiger partial charge on any atom is -0.476 e. The molecule has 1 aromatic carbocycles. The second-order valence-electron chi connectivity index (χ2n) is 3.56. The normalized spacial score (nSPS) is 9.72. The van der Waals surface area contributed by atoms with Crippen molar-refractivity contribution in [2.45, 2.75) is 6.54 Å². The number of benzene rings is 1. The first kappa shape index (κ1) is 11.7. The van der Waals surface area contributed by atoms with E-state index in [4.69, 9.17) is 16.1 Å². The van der Waals surface area contributed by atoms with Gasteiger partial charge in [0.15, 0.2) is 11.5 Å². The van der Waals surface area contributed by atoms with Gasteiger partial charge in [0, 0.05) is 17.3 Å². The van der Waals surface area contributed by atoms with Crippen LogP contribution in [0.2, 0.25) is 0 Å². The van der Waals surface area contributed by atoms with Gasteiger partial charge in [0.1, 0.15) is 0 Å². The van der Waals surface area contributed by atoms with Crippen molar-refractivity contribution in [1.82, 2.24) is 5.16 Å². The molecule has 2 aromatic rings. The summed E-state index contributed by atoms with van der Waals surface area (Å²) in [6, 6.07) is 8.70. The van der Waals surface area contributed by atoms with E-state index in [1.54, 1.807) is 0 Å². The Morgan fingerprint density at radius 3 is 3.00 bits per heavy atom.